The van der Waals surface area contributed by atoms with E-state index in [2.05, 4.69) is 22.9 Å². The lowest BCUT2D eigenvalue weighted by Gasteiger charge is -2.25. The molecule has 1 atom stereocenters. The van der Waals surface area contributed by atoms with Gasteiger partial charge in [-0.1, -0.05) is 12.1 Å². The summed E-state index contributed by atoms with van der Waals surface area (Å²) in [4.78, 5) is 19.9. The van der Waals surface area contributed by atoms with Crippen molar-refractivity contribution in [3.05, 3.63) is 54.4 Å². The highest BCUT2D eigenvalue weighted by Gasteiger charge is 2.33. The van der Waals surface area contributed by atoms with E-state index in [1.165, 1.54) is 12.8 Å². The summed E-state index contributed by atoms with van der Waals surface area (Å²) in [5.74, 6) is 1.86. The molecule has 2 heterocycles. The second-order valence-corrected chi connectivity index (χ2v) is 8.53. The number of nitrogens with zero attached hydrogens (tertiary/aromatic N) is 3. The number of carbonyl (C=O) groups is 1. The topological polar surface area (TPSA) is 59.4 Å². The lowest BCUT2D eigenvalue weighted by atomic mass is 10.2. The molecule has 0 spiro atoms. The predicted octanol–water partition coefficient (Wildman–Crippen LogP) is 5.75. The lowest BCUT2D eigenvalue weighted by molar-refractivity contribution is 0.204. The lowest BCUT2D eigenvalue weighted by Crippen LogP contribution is -2.35. The fourth-order valence-corrected chi connectivity index (χ4v) is 4.97. The van der Waals surface area contributed by atoms with Crippen LogP contribution in [0.4, 0.5) is 10.5 Å². The molecule has 162 valence electrons. The van der Waals surface area contributed by atoms with Crippen molar-refractivity contribution in [1.82, 2.24) is 14.5 Å². The van der Waals surface area contributed by atoms with Gasteiger partial charge in [-0.25, -0.2) is 9.78 Å². The van der Waals surface area contributed by atoms with Gasteiger partial charge >= 0.3 is 6.03 Å². The normalized spacial score (nSPS) is 19.3. The van der Waals surface area contributed by atoms with E-state index in [1.54, 1.807) is 0 Å². The standard InChI is InChI=1S/C25H30N4O2/c1-2-28-22-11-6-5-10-21(22)27-24(28)23-12-7-17-29(23)25(30)26-18-13-15-20(16-14-18)31-19-8-3-4-9-19/h5-6,10-11,13-16,19,23H,2-4,7-9,12,17H2,1H3,(H,26,30). The van der Waals surface area contributed by atoms with E-state index < -0.39 is 0 Å². The van der Waals surface area contributed by atoms with Gasteiger partial charge < -0.3 is 19.5 Å². The zero-order valence-corrected chi connectivity index (χ0v) is 18.1. The summed E-state index contributed by atoms with van der Waals surface area (Å²) in [6.07, 6.45) is 7.03. The fraction of sp³-hybridized carbons (Fsp3) is 0.440. The third kappa shape index (κ3) is 3.99. The van der Waals surface area contributed by atoms with Crippen LogP contribution >= 0.6 is 0 Å². The predicted molar refractivity (Wildman–Crippen MR) is 122 cm³/mol. The van der Waals surface area contributed by atoms with Crippen molar-refractivity contribution in [2.75, 3.05) is 11.9 Å². The maximum absolute atomic E-state index is 13.1. The number of hydrogen-bond donors (Lipinski definition) is 1. The van der Waals surface area contributed by atoms with Crippen LogP contribution in [0.25, 0.3) is 11.0 Å². The summed E-state index contributed by atoms with van der Waals surface area (Å²) < 4.78 is 8.27. The minimum Gasteiger partial charge on any atom is -0.490 e. The molecule has 2 amide bonds. The van der Waals surface area contributed by atoms with Gasteiger partial charge in [0.2, 0.25) is 0 Å². The van der Waals surface area contributed by atoms with E-state index in [1.807, 2.05) is 47.4 Å². The average Bonchev–Trinajstić information content (AvgIpc) is 3.54. The van der Waals surface area contributed by atoms with Crippen molar-refractivity contribution in [3.63, 3.8) is 0 Å². The highest BCUT2D eigenvalue weighted by molar-refractivity contribution is 5.90. The number of ether oxygens (including phenoxy) is 1. The van der Waals surface area contributed by atoms with Crippen molar-refractivity contribution < 1.29 is 9.53 Å². The fourth-order valence-electron chi connectivity index (χ4n) is 4.97. The summed E-state index contributed by atoms with van der Waals surface area (Å²) >= 11 is 0. The Kier molecular flexibility index (Phi) is 5.53. The number of rotatable bonds is 5. The number of anilines is 1. The molecule has 3 aromatic rings. The van der Waals surface area contributed by atoms with Crippen LogP contribution in [0.5, 0.6) is 5.75 Å². The van der Waals surface area contributed by atoms with Gasteiger partial charge in [0.15, 0.2) is 0 Å². The average molecular weight is 419 g/mol. The van der Waals surface area contributed by atoms with E-state index in [-0.39, 0.29) is 12.1 Å². The number of aryl methyl sites for hydroxylation is 1. The third-order valence-corrected chi connectivity index (χ3v) is 6.52. The van der Waals surface area contributed by atoms with Crippen LogP contribution in [0.2, 0.25) is 0 Å². The molecule has 1 aliphatic heterocycles. The molecule has 6 nitrogen and oxygen atoms in total. The zero-order chi connectivity index (χ0) is 21.2. The van der Waals surface area contributed by atoms with Crippen molar-refractivity contribution in [2.24, 2.45) is 0 Å². The Bertz CT molecular complexity index is 1050. The molecule has 6 heteroatoms. The molecule has 0 radical (unpaired) electrons. The minimum atomic E-state index is -0.0679. The Labute approximate surface area is 183 Å². The van der Waals surface area contributed by atoms with E-state index in [9.17, 15) is 4.79 Å². The quantitative estimate of drug-likeness (QED) is 0.574. The Hall–Kier alpha value is -3.02. The number of amides is 2. The second-order valence-electron chi connectivity index (χ2n) is 8.53. The van der Waals surface area contributed by atoms with E-state index in [0.29, 0.717) is 6.10 Å². The number of carbonyl (C=O) groups excluding carboxylic acids is 1. The van der Waals surface area contributed by atoms with Crippen molar-refractivity contribution in [1.29, 1.82) is 0 Å². The van der Waals surface area contributed by atoms with Crippen LogP contribution < -0.4 is 10.1 Å². The van der Waals surface area contributed by atoms with Crippen LogP contribution in [0.3, 0.4) is 0 Å². The maximum Gasteiger partial charge on any atom is 0.322 e. The van der Waals surface area contributed by atoms with Gasteiger partial charge in [0.25, 0.3) is 0 Å². The monoisotopic (exact) mass is 418 g/mol. The molecule has 1 aliphatic carbocycles. The first-order valence-corrected chi connectivity index (χ1v) is 11.5. The second kappa shape index (κ2) is 8.61. The molecule has 0 bridgehead atoms. The van der Waals surface area contributed by atoms with Gasteiger partial charge in [0.05, 0.1) is 23.2 Å². The van der Waals surface area contributed by atoms with Crippen LogP contribution in [-0.4, -0.2) is 33.1 Å². The molecule has 1 unspecified atom stereocenters. The van der Waals surface area contributed by atoms with Crippen LogP contribution in [0.15, 0.2) is 48.5 Å². The Morgan fingerprint density at radius 3 is 2.61 bits per heavy atom. The maximum atomic E-state index is 13.1. The summed E-state index contributed by atoms with van der Waals surface area (Å²) in [6, 6.07) is 15.9. The largest absolute Gasteiger partial charge is 0.490 e. The third-order valence-electron chi connectivity index (χ3n) is 6.52. The van der Waals surface area contributed by atoms with Gasteiger partial charge in [0.1, 0.15) is 11.6 Å². The van der Waals surface area contributed by atoms with Crippen molar-refractivity contribution >= 4 is 22.8 Å². The minimum absolute atomic E-state index is 0.00248. The first-order valence-electron chi connectivity index (χ1n) is 11.5. The number of urea groups is 1. The van der Waals surface area contributed by atoms with Crippen molar-refractivity contribution in [3.8, 4) is 5.75 Å². The van der Waals surface area contributed by atoms with Gasteiger partial charge in [0, 0.05) is 18.8 Å². The Morgan fingerprint density at radius 1 is 1.06 bits per heavy atom. The van der Waals surface area contributed by atoms with Gasteiger partial charge in [-0.05, 0) is 81.8 Å². The molecule has 5 rings (SSSR count). The summed E-state index contributed by atoms with van der Waals surface area (Å²) in [5.41, 5.74) is 2.91. The van der Waals surface area contributed by atoms with E-state index in [0.717, 1.165) is 67.1 Å². The summed E-state index contributed by atoms with van der Waals surface area (Å²) in [6.45, 7) is 3.71. The molecule has 2 aliphatic rings. The summed E-state index contributed by atoms with van der Waals surface area (Å²) in [7, 11) is 0. The van der Waals surface area contributed by atoms with Gasteiger partial charge in [-0.15, -0.1) is 0 Å². The van der Waals surface area contributed by atoms with Gasteiger partial charge in [-0.2, -0.15) is 0 Å². The molecular weight excluding hydrogens is 388 g/mol. The number of likely N-dealkylation sites (tertiary alicyclic amines) is 1. The number of aromatic nitrogens is 2. The molecule has 31 heavy (non-hydrogen) atoms. The number of hydrogen-bond acceptors (Lipinski definition) is 3. The number of imidazole rings is 1. The zero-order valence-electron chi connectivity index (χ0n) is 18.1. The van der Waals surface area contributed by atoms with Gasteiger partial charge in [-0.3, -0.25) is 0 Å². The molecule has 2 aromatic carbocycles. The van der Waals surface area contributed by atoms with E-state index in [4.69, 9.17) is 9.72 Å². The highest BCUT2D eigenvalue weighted by Crippen LogP contribution is 2.34. The van der Waals surface area contributed by atoms with Crippen LogP contribution in [-0.2, 0) is 6.54 Å². The SMILES string of the molecule is CCn1c(C2CCCN2C(=O)Nc2ccc(OC3CCCC3)cc2)nc2ccccc21. The molecule has 1 saturated carbocycles. The first-order chi connectivity index (χ1) is 15.2. The molecular formula is C25H30N4O2. The molecule has 1 aromatic heterocycles. The van der Waals surface area contributed by atoms with Crippen molar-refractivity contribution in [2.45, 2.75) is 64.1 Å². The van der Waals surface area contributed by atoms with E-state index >= 15 is 0 Å². The first kappa shape index (κ1) is 19.9. The molecule has 1 saturated heterocycles. The smallest absolute Gasteiger partial charge is 0.322 e. The summed E-state index contributed by atoms with van der Waals surface area (Å²) in [5, 5.41) is 3.07. The number of benzene rings is 2. The highest BCUT2D eigenvalue weighted by atomic mass is 16.5. The number of nitrogens with one attached hydrogen (secondary N) is 1. The molecule has 2 fully saturated rings. The Morgan fingerprint density at radius 2 is 1.84 bits per heavy atom. The van der Waals surface area contributed by atoms with Crippen LogP contribution in [0, 0.1) is 0 Å². The number of para-hydroxylation sites is 2. The van der Waals surface area contributed by atoms with Crippen LogP contribution in [0.1, 0.15) is 57.3 Å². The molecule has 1 N–H and O–H groups in total. The Balaban J connectivity index is 1.30. The number of fused-ring (bicyclic) bond motifs is 1.